The van der Waals surface area contributed by atoms with Crippen molar-refractivity contribution >= 4 is 5.84 Å². The van der Waals surface area contributed by atoms with Crippen LogP contribution in [0.25, 0.3) is 0 Å². The maximum absolute atomic E-state index is 4.57. The Balaban J connectivity index is 3.94. The molecule has 0 aromatic carbocycles. The van der Waals surface area contributed by atoms with Crippen molar-refractivity contribution in [3.63, 3.8) is 0 Å². The lowest BCUT2D eigenvalue weighted by molar-refractivity contribution is 0.334. The Bertz CT molecular complexity index is 175. The van der Waals surface area contributed by atoms with Crippen molar-refractivity contribution in [3.8, 4) is 0 Å². The number of amidine groups is 1. The molecular weight excluding hydrogens is 174 g/mol. The Hall–Kier alpha value is -0.570. The third kappa shape index (κ3) is 6.89. The maximum atomic E-state index is 4.57. The second-order valence-electron chi connectivity index (χ2n) is 4.22. The number of nitrogens with zero attached hydrogens (tertiary/aromatic N) is 2. The molecule has 0 bridgehead atoms. The summed E-state index contributed by atoms with van der Waals surface area (Å²) in [6.45, 7) is 12.7. The highest BCUT2D eigenvalue weighted by atomic mass is 15.1. The summed E-state index contributed by atoms with van der Waals surface area (Å²) >= 11 is 0. The first kappa shape index (κ1) is 13.4. The third-order valence-electron chi connectivity index (χ3n) is 2.03. The van der Waals surface area contributed by atoms with Gasteiger partial charge in [0.15, 0.2) is 0 Å². The lowest BCUT2D eigenvalue weighted by Crippen LogP contribution is -2.31. The van der Waals surface area contributed by atoms with Crippen LogP contribution < -0.4 is 5.32 Å². The van der Waals surface area contributed by atoms with Crippen LogP contribution in [0.4, 0.5) is 0 Å². The fourth-order valence-corrected chi connectivity index (χ4v) is 1.41. The summed E-state index contributed by atoms with van der Waals surface area (Å²) < 4.78 is 0. The minimum absolute atomic E-state index is 0.367. The smallest absolute Gasteiger partial charge is 0.0937 e. The zero-order chi connectivity index (χ0) is 11.1. The van der Waals surface area contributed by atoms with Crippen LogP contribution in [0.3, 0.4) is 0 Å². The Morgan fingerprint density at radius 1 is 1.36 bits per heavy atom. The zero-order valence-electron chi connectivity index (χ0n) is 10.5. The number of likely N-dealkylation sites (N-methyl/N-ethyl adjacent to an activating group) is 1. The molecule has 3 heteroatoms. The van der Waals surface area contributed by atoms with Crippen LogP contribution in [0.2, 0.25) is 0 Å². The summed E-state index contributed by atoms with van der Waals surface area (Å²) in [7, 11) is 2.12. The summed E-state index contributed by atoms with van der Waals surface area (Å²) in [5.74, 6) is 1.04. The van der Waals surface area contributed by atoms with Crippen molar-refractivity contribution in [3.05, 3.63) is 0 Å². The average Bonchev–Trinajstić information content (AvgIpc) is 2.01. The molecule has 84 valence electrons. The predicted molar refractivity (Wildman–Crippen MR) is 64.0 cm³/mol. The molecule has 0 aromatic rings. The third-order valence-corrected chi connectivity index (χ3v) is 2.03. The highest BCUT2D eigenvalue weighted by Crippen LogP contribution is 1.94. The van der Waals surface area contributed by atoms with Gasteiger partial charge in [-0.1, -0.05) is 6.92 Å². The van der Waals surface area contributed by atoms with Crippen molar-refractivity contribution in [1.82, 2.24) is 10.2 Å². The van der Waals surface area contributed by atoms with E-state index in [1.165, 1.54) is 0 Å². The van der Waals surface area contributed by atoms with Crippen LogP contribution in [0, 0.1) is 0 Å². The van der Waals surface area contributed by atoms with Crippen LogP contribution in [-0.4, -0.2) is 43.0 Å². The van der Waals surface area contributed by atoms with Gasteiger partial charge in [-0.25, -0.2) is 0 Å². The Morgan fingerprint density at radius 3 is 2.36 bits per heavy atom. The second kappa shape index (κ2) is 6.82. The Morgan fingerprint density at radius 2 is 1.93 bits per heavy atom. The molecule has 1 unspecified atom stereocenters. The van der Waals surface area contributed by atoms with Gasteiger partial charge < -0.3 is 10.2 Å². The van der Waals surface area contributed by atoms with E-state index >= 15 is 0 Å². The minimum atomic E-state index is 0.367. The van der Waals surface area contributed by atoms with Crippen LogP contribution in [0.1, 0.15) is 34.6 Å². The van der Waals surface area contributed by atoms with Crippen LogP contribution in [0.15, 0.2) is 4.99 Å². The largest absolute Gasteiger partial charge is 0.372 e. The van der Waals surface area contributed by atoms with Crippen LogP contribution in [-0.2, 0) is 0 Å². The van der Waals surface area contributed by atoms with Gasteiger partial charge >= 0.3 is 0 Å². The van der Waals surface area contributed by atoms with Gasteiger partial charge in [-0.15, -0.1) is 0 Å². The van der Waals surface area contributed by atoms with E-state index in [2.05, 4.69) is 50.0 Å². The molecule has 0 heterocycles. The molecule has 0 saturated heterocycles. The highest BCUT2D eigenvalue weighted by molar-refractivity contribution is 5.79. The molecule has 0 aromatic heterocycles. The Labute approximate surface area is 88.6 Å². The van der Waals surface area contributed by atoms with E-state index < -0.39 is 0 Å². The van der Waals surface area contributed by atoms with E-state index in [9.17, 15) is 0 Å². The Kier molecular flexibility index (Phi) is 6.54. The molecule has 0 saturated carbocycles. The van der Waals surface area contributed by atoms with Gasteiger partial charge in [0.1, 0.15) is 0 Å². The quantitative estimate of drug-likeness (QED) is 0.539. The zero-order valence-corrected chi connectivity index (χ0v) is 10.5. The number of hydrogen-bond acceptors (Lipinski definition) is 2. The monoisotopic (exact) mass is 199 g/mol. The van der Waals surface area contributed by atoms with E-state index in [4.69, 9.17) is 0 Å². The first-order valence-corrected chi connectivity index (χ1v) is 5.45. The van der Waals surface area contributed by atoms with Gasteiger partial charge in [0.2, 0.25) is 0 Å². The van der Waals surface area contributed by atoms with Gasteiger partial charge in [0.25, 0.3) is 0 Å². The first-order valence-electron chi connectivity index (χ1n) is 5.45. The number of rotatable bonds is 5. The molecule has 14 heavy (non-hydrogen) atoms. The standard InChI is InChI=1S/C11H25N3/c1-7-14(6)8-10(4)13-11(5)12-9(2)3/h9-10H,7-8H2,1-6H3,(H,12,13). The van der Waals surface area contributed by atoms with E-state index in [1.54, 1.807) is 0 Å². The van der Waals surface area contributed by atoms with Crippen molar-refractivity contribution in [1.29, 1.82) is 0 Å². The second-order valence-corrected chi connectivity index (χ2v) is 4.22. The number of hydrogen-bond donors (Lipinski definition) is 1. The van der Waals surface area contributed by atoms with Crippen LogP contribution >= 0.6 is 0 Å². The first-order chi connectivity index (χ1) is 6.45. The van der Waals surface area contributed by atoms with Gasteiger partial charge in [0.05, 0.1) is 11.9 Å². The van der Waals surface area contributed by atoms with Crippen molar-refractivity contribution in [2.24, 2.45) is 4.99 Å². The molecule has 0 aliphatic carbocycles. The normalized spacial score (nSPS) is 15.0. The molecule has 0 spiro atoms. The van der Waals surface area contributed by atoms with Gasteiger partial charge in [0, 0.05) is 12.6 Å². The van der Waals surface area contributed by atoms with Gasteiger partial charge in [-0.2, -0.15) is 0 Å². The summed E-state index contributed by atoms with van der Waals surface area (Å²) in [6.07, 6.45) is 0. The summed E-state index contributed by atoms with van der Waals surface area (Å²) in [6, 6.07) is 0.834. The summed E-state index contributed by atoms with van der Waals surface area (Å²) in [5, 5.41) is 3.30. The van der Waals surface area contributed by atoms with Crippen LogP contribution in [0.5, 0.6) is 0 Å². The topological polar surface area (TPSA) is 27.6 Å². The molecule has 0 radical (unpaired) electrons. The SMILES string of the molecule is CCN(C)CC(C)N=C(C)NC(C)C. The molecule has 0 aliphatic heterocycles. The van der Waals surface area contributed by atoms with Gasteiger partial charge in [-0.05, 0) is 41.3 Å². The fourth-order valence-electron chi connectivity index (χ4n) is 1.41. The molecule has 1 atom stereocenters. The fraction of sp³-hybridized carbons (Fsp3) is 0.909. The summed E-state index contributed by atoms with van der Waals surface area (Å²) in [5.41, 5.74) is 0. The van der Waals surface area contributed by atoms with E-state index in [-0.39, 0.29) is 0 Å². The molecule has 0 amide bonds. The minimum Gasteiger partial charge on any atom is -0.372 e. The molecular formula is C11H25N3. The van der Waals surface area contributed by atoms with Crippen molar-refractivity contribution in [2.75, 3.05) is 20.1 Å². The number of aliphatic imine (C=N–C) groups is 1. The summed E-state index contributed by atoms with van der Waals surface area (Å²) in [4.78, 5) is 6.84. The average molecular weight is 199 g/mol. The highest BCUT2D eigenvalue weighted by Gasteiger charge is 2.03. The van der Waals surface area contributed by atoms with Crippen molar-refractivity contribution in [2.45, 2.75) is 46.7 Å². The molecule has 0 aliphatic rings. The van der Waals surface area contributed by atoms with E-state index in [0.717, 1.165) is 18.9 Å². The molecule has 0 rings (SSSR count). The lowest BCUT2D eigenvalue weighted by Gasteiger charge is -2.18. The molecule has 3 nitrogen and oxygen atoms in total. The van der Waals surface area contributed by atoms with Crippen molar-refractivity contribution < 1.29 is 0 Å². The molecule has 0 fully saturated rings. The van der Waals surface area contributed by atoms with E-state index in [0.29, 0.717) is 12.1 Å². The van der Waals surface area contributed by atoms with E-state index in [1.807, 2.05) is 6.92 Å². The number of nitrogens with one attached hydrogen (secondary N) is 1. The maximum Gasteiger partial charge on any atom is 0.0937 e. The van der Waals surface area contributed by atoms with Gasteiger partial charge in [-0.3, -0.25) is 4.99 Å². The predicted octanol–water partition coefficient (Wildman–Crippen LogP) is 1.74. The lowest BCUT2D eigenvalue weighted by atomic mass is 10.3. The molecule has 1 N–H and O–H groups in total.